The molecule has 1 saturated carbocycles. The summed E-state index contributed by atoms with van der Waals surface area (Å²) >= 11 is 0. The minimum atomic E-state index is -0.805. The molecule has 2 heterocycles. The molecule has 3 rings (SSSR count). The molecule has 1 aliphatic heterocycles. The monoisotopic (exact) mass is 346 g/mol. The number of nitrogens with two attached hydrogens (primary N) is 1. The molecule has 1 aromatic heterocycles. The Hall–Kier alpha value is -1.50. The van der Waals surface area contributed by atoms with Crippen molar-refractivity contribution in [3.8, 4) is 0 Å². The average molecular weight is 346 g/mol. The van der Waals surface area contributed by atoms with E-state index < -0.39 is 5.54 Å². The molecule has 1 aliphatic carbocycles. The van der Waals surface area contributed by atoms with Gasteiger partial charge in [0.15, 0.2) is 0 Å². The average Bonchev–Trinajstić information content (AvgIpc) is 2.62. The van der Waals surface area contributed by atoms with Crippen LogP contribution in [-0.4, -0.2) is 65.1 Å². The van der Waals surface area contributed by atoms with Crippen LogP contribution in [0.1, 0.15) is 32.8 Å². The molecule has 2 fully saturated rings. The number of aromatic nitrogens is 1. The number of nitrogens with zero attached hydrogens (tertiary/aromatic N) is 3. The molecule has 6 nitrogen and oxygen atoms in total. The van der Waals surface area contributed by atoms with Crippen LogP contribution in [0.3, 0.4) is 0 Å². The maximum Gasteiger partial charge on any atom is 0.243 e. The highest BCUT2D eigenvalue weighted by atomic mass is 16.5. The molecule has 25 heavy (non-hydrogen) atoms. The third-order valence-electron chi connectivity index (χ3n) is 6.03. The van der Waals surface area contributed by atoms with Crippen LogP contribution in [0.25, 0.3) is 0 Å². The highest BCUT2D eigenvalue weighted by Crippen LogP contribution is 2.50. The zero-order valence-corrected chi connectivity index (χ0v) is 15.6. The van der Waals surface area contributed by atoms with E-state index in [1.54, 1.807) is 0 Å². The first kappa shape index (κ1) is 18.3. The molecule has 2 N–H and O–H groups in total. The maximum atomic E-state index is 13.1. The van der Waals surface area contributed by atoms with E-state index in [-0.39, 0.29) is 17.4 Å². The van der Waals surface area contributed by atoms with Gasteiger partial charge in [-0.25, -0.2) is 0 Å². The van der Waals surface area contributed by atoms with Gasteiger partial charge in [0.25, 0.3) is 0 Å². The lowest BCUT2D eigenvalue weighted by Gasteiger charge is -2.59. The summed E-state index contributed by atoms with van der Waals surface area (Å²) in [4.78, 5) is 21.4. The van der Waals surface area contributed by atoms with Crippen LogP contribution in [0.2, 0.25) is 0 Å². The van der Waals surface area contributed by atoms with Gasteiger partial charge in [0, 0.05) is 63.6 Å². The number of carbonyl (C=O) groups is 1. The van der Waals surface area contributed by atoms with Crippen molar-refractivity contribution in [2.24, 2.45) is 11.1 Å². The van der Waals surface area contributed by atoms with Gasteiger partial charge in [-0.15, -0.1) is 0 Å². The largest absolute Gasteiger partial charge is 0.378 e. The Kier molecular flexibility index (Phi) is 5.14. The predicted octanol–water partition coefficient (Wildman–Crippen LogP) is 1.26. The normalized spacial score (nSPS) is 29.3. The lowest BCUT2D eigenvalue weighted by molar-refractivity contribution is -0.180. The summed E-state index contributed by atoms with van der Waals surface area (Å²) in [7, 11) is 0. The summed E-state index contributed by atoms with van der Waals surface area (Å²) in [6.07, 6.45) is 4.32. The van der Waals surface area contributed by atoms with Gasteiger partial charge in [-0.3, -0.25) is 14.7 Å². The molecular formula is C19H30N4O2. The molecule has 2 aliphatic rings. The Bertz CT molecular complexity index is 599. The summed E-state index contributed by atoms with van der Waals surface area (Å²) < 4.78 is 5.75. The van der Waals surface area contributed by atoms with Crippen molar-refractivity contribution in [3.63, 3.8) is 0 Å². The fourth-order valence-electron chi connectivity index (χ4n) is 3.94. The molecule has 2 atom stereocenters. The second-order valence-electron chi connectivity index (χ2n) is 7.76. The topological polar surface area (TPSA) is 71.7 Å². The molecule has 2 unspecified atom stereocenters. The van der Waals surface area contributed by atoms with Gasteiger partial charge in [0.05, 0.1) is 6.10 Å². The van der Waals surface area contributed by atoms with Gasteiger partial charge in [-0.2, -0.15) is 0 Å². The number of amides is 1. The molecule has 138 valence electrons. The van der Waals surface area contributed by atoms with E-state index in [1.807, 2.05) is 36.4 Å². The number of ether oxygens (including phenoxy) is 1. The van der Waals surface area contributed by atoms with Crippen LogP contribution in [0.4, 0.5) is 0 Å². The molecule has 0 spiro atoms. The number of carbonyl (C=O) groups excluding carboxylic acids is 1. The van der Waals surface area contributed by atoms with Crippen molar-refractivity contribution in [1.29, 1.82) is 0 Å². The summed E-state index contributed by atoms with van der Waals surface area (Å²) in [6.45, 7) is 10.9. The number of piperazine rings is 1. The number of rotatable bonds is 5. The van der Waals surface area contributed by atoms with Gasteiger partial charge in [0.1, 0.15) is 5.54 Å². The highest BCUT2D eigenvalue weighted by molar-refractivity contribution is 5.89. The van der Waals surface area contributed by atoms with Crippen LogP contribution >= 0.6 is 0 Å². The Morgan fingerprint density at radius 2 is 1.92 bits per heavy atom. The van der Waals surface area contributed by atoms with E-state index >= 15 is 0 Å². The minimum Gasteiger partial charge on any atom is -0.378 e. The molecule has 1 aromatic rings. The Morgan fingerprint density at radius 3 is 2.48 bits per heavy atom. The Labute approximate surface area is 150 Å². The first-order valence-corrected chi connectivity index (χ1v) is 9.19. The van der Waals surface area contributed by atoms with Crippen molar-refractivity contribution in [2.75, 3.05) is 32.8 Å². The van der Waals surface area contributed by atoms with E-state index in [0.29, 0.717) is 13.0 Å². The van der Waals surface area contributed by atoms with Crippen LogP contribution in [0, 0.1) is 5.41 Å². The van der Waals surface area contributed by atoms with Crippen LogP contribution < -0.4 is 5.73 Å². The predicted molar refractivity (Wildman–Crippen MR) is 96.8 cm³/mol. The number of hydrogen-bond donors (Lipinski definition) is 1. The first-order chi connectivity index (χ1) is 11.9. The molecular weight excluding hydrogens is 316 g/mol. The number of pyridine rings is 1. The fraction of sp³-hybridized carbons (Fsp3) is 0.684. The Morgan fingerprint density at radius 1 is 1.28 bits per heavy atom. The molecule has 1 amide bonds. The van der Waals surface area contributed by atoms with Crippen LogP contribution in [-0.2, 0) is 16.1 Å². The maximum absolute atomic E-state index is 13.1. The zero-order valence-electron chi connectivity index (χ0n) is 15.6. The van der Waals surface area contributed by atoms with Gasteiger partial charge >= 0.3 is 0 Å². The fourth-order valence-corrected chi connectivity index (χ4v) is 3.94. The van der Waals surface area contributed by atoms with Gasteiger partial charge < -0.3 is 15.4 Å². The SMILES string of the molecule is CCOC1CC(N)(C(=O)N2CCN(Cc3ccncc3)CC2)C1(C)C. The summed E-state index contributed by atoms with van der Waals surface area (Å²) in [5.41, 5.74) is 6.67. The minimum absolute atomic E-state index is 0.0689. The van der Waals surface area contributed by atoms with E-state index in [1.165, 1.54) is 5.56 Å². The van der Waals surface area contributed by atoms with Crippen molar-refractivity contribution < 1.29 is 9.53 Å². The van der Waals surface area contributed by atoms with Gasteiger partial charge in [-0.1, -0.05) is 13.8 Å². The smallest absolute Gasteiger partial charge is 0.243 e. The van der Waals surface area contributed by atoms with Crippen LogP contribution in [0.5, 0.6) is 0 Å². The molecule has 0 aromatic carbocycles. The van der Waals surface area contributed by atoms with Crippen molar-refractivity contribution in [2.45, 2.75) is 45.4 Å². The van der Waals surface area contributed by atoms with Crippen LogP contribution in [0.15, 0.2) is 24.5 Å². The third kappa shape index (κ3) is 3.30. The summed E-state index contributed by atoms with van der Waals surface area (Å²) in [6, 6.07) is 4.08. The molecule has 0 bridgehead atoms. The molecule has 0 radical (unpaired) electrons. The molecule has 6 heteroatoms. The van der Waals surface area contributed by atoms with Gasteiger partial charge in [-0.05, 0) is 24.6 Å². The summed E-state index contributed by atoms with van der Waals surface area (Å²) in [5.74, 6) is 0.0806. The number of hydrogen-bond acceptors (Lipinski definition) is 5. The van der Waals surface area contributed by atoms with Crippen molar-refractivity contribution in [3.05, 3.63) is 30.1 Å². The van der Waals surface area contributed by atoms with E-state index in [9.17, 15) is 4.79 Å². The highest BCUT2D eigenvalue weighted by Gasteiger charge is 2.63. The third-order valence-corrected chi connectivity index (χ3v) is 6.03. The van der Waals surface area contributed by atoms with Gasteiger partial charge in [0.2, 0.25) is 5.91 Å². The van der Waals surface area contributed by atoms with E-state index in [0.717, 1.165) is 32.7 Å². The Balaban J connectivity index is 1.55. The lowest BCUT2D eigenvalue weighted by Crippen LogP contribution is -2.76. The standard InChI is InChI=1S/C19H30N4O2/c1-4-25-16-13-19(20,18(16,2)3)17(24)23-11-9-22(10-12-23)14-15-5-7-21-8-6-15/h5-8,16H,4,9-14,20H2,1-3H3. The quantitative estimate of drug-likeness (QED) is 0.869. The zero-order chi connectivity index (χ0) is 18.1. The second-order valence-corrected chi connectivity index (χ2v) is 7.76. The summed E-state index contributed by atoms with van der Waals surface area (Å²) in [5, 5.41) is 0. The lowest BCUT2D eigenvalue weighted by atomic mass is 9.54. The first-order valence-electron chi connectivity index (χ1n) is 9.19. The van der Waals surface area contributed by atoms with E-state index in [2.05, 4.69) is 23.7 Å². The van der Waals surface area contributed by atoms with Crippen molar-refractivity contribution in [1.82, 2.24) is 14.8 Å². The van der Waals surface area contributed by atoms with Crippen molar-refractivity contribution >= 4 is 5.91 Å². The second kappa shape index (κ2) is 7.02. The molecule has 1 saturated heterocycles. The van der Waals surface area contributed by atoms with E-state index in [4.69, 9.17) is 10.5 Å².